The van der Waals surface area contributed by atoms with Gasteiger partial charge < -0.3 is 14.2 Å². The molecule has 138 valence electrons. The third-order valence-electron chi connectivity index (χ3n) is 6.14. The fourth-order valence-electron chi connectivity index (χ4n) is 4.99. The van der Waals surface area contributed by atoms with Gasteiger partial charge in [0.15, 0.2) is 5.78 Å². The number of carbonyl (C=O) groups excluding carboxylic acids is 1. The number of hydrogen-bond donors (Lipinski definition) is 1. The summed E-state index contributed by atoms with van der Waals surface area (Å²) >= 11 is 0. The average Bonchev–Trinajstić information content (AvgIpc) is 3.23. The van der Waals surface area contributed by atoms with E-state index in [1.165, 1.54) is 42.6 Å². The molecule has 5 nitrogen and oxygen atoms in total. The van der Waals surface area contributed by atoms with Crippen molar-refractivity contribution in [3.05, 3.63) is 46.8 Å². The van der Waals surface area contributed by atoms with Gasteiger partial charge in [-0.15, -0.1) is 0 Å². The van der Waals surface area contributed by atoms with E-state index in [1.807, 2.05) is 19.3 Å². The highest BCUT2D eigenvalue weighted by atomic mass is 16.2. The summed E-state index contributed by atoms with van der Waals surface area (Å²) in [7, 11) is 1.00. The number of Topliss-reactive ketones (excluding diaryl/α,β-unsaturated/α-hetero) is 1. The van der Waals surface area contributed by atoms with Gasteiger partial charge in [-0.05, 0) is 56.6 Å². The molecule has 0 amide bonds. The van der Waals surface area contributed by atoms with Gasteiger partial charge in [-0.3, -0.25) is 4.79 Å². The largest absolute Gasteiger partial charge is 0.400 e. The molecule has 0 radical (unpaired) electrons. The van der Waals surface area contributed by atoms with Crippen LogP contribution in [0.5, 0.6) is 0 Å². The van der Waals surface area contributed by atoms with Crippen molar-refractivity contribution in [1.82, 2.24) is 14.1 Å². The van der Waals surface area contributed by atoms with Gasteiger partial charge in [0.2, 0.25) is 0 Å². The van der Waals surface area contributed by atoms with Crippen LogP contribution in [-0.2, 0) is 19.5 Å². The van der Waals surface area contributed by atoms with E-state index < -0.39 is 0 Å². The smallest absolute Gasteiger partial charge is 0.173 e. The van der Waals surface area contributed by atoms with Crippen molar-refractivity contribution in [2.45, 2.75) is 58.0 Å². The molecule has 3 heterocycles. The number of carbonyl (C=O) groups is 1. The summed E-state index contributed by atoms with van der Waals surface area (Å²) in [4.78, 5) is 17.6. The minimum Gasteiger partial charge on any atom is -0.400 e. The lowest BCUT2D eigenvalue weighted by Gasteiger charge is -2.30. The van der Waals surface area contributed by atoms with Crippen LogP contribution in [0.3, 0.4) is 0 Å². The topological polar surface area (TPSA) is 60.1 Å². The molecule has 3 aliphatic rings. The number of rotatable bonds is 2. The molecular weight excluding hydrogens is 326 g/mol. The van der Waals surface area contributed by atoms with Gasteiger partial charge >= 0.3 is 0 Å². The minimum atomic E-state index is -0.0634. The van der Waals surface area contributed by atoms with Gasteiger partial charge in [0.25, 0.3) is 0 Å². The van der Waals surface area contributed by atoms with Gasteiger partial charge in [-0.2, -0.15) is 0 Å². The summed E-state index contributed by atoms with van der Waals surface area (Å²) in [5.74, 6) is 1.91. The van der Waals surface area contributed by atoms with E-state index in [1.54, 1.807) is 0 Å². The SMILES string of the molecule is CO.Cc1nccn1CC1C=Cc2c(c3c4n2CCCC4CCC3)C1=O. The number of aliphatic hydroxyl groups is 1. The maximum Gasteiger partial charge on any atom is 0.173 e. The number of nitrogens with zero attached hydrogens (tertiary/aromatic N) is 3. The third kappa shape index (κ3) is 2.57. The number of hydrogen-bond acceptors (Lipinski definition) is 3. The molecule has 0 fully saturated rings. The summed E-state index contributed by atoms with van der Waals surface area (Å²) in [6.07, 6.45) is 14.3. The second-order valence-electron chi connectivity index (χ2n) is 7.46. The van der Waals surface area contributed by atoms with Crippen LogP contribution >= 0.6 is 0 Å². The number of allylic oxidation sites excluding steroid dienone is 1. The lowest BCUT2D eigenvalue weighted by molar-refractivity contribution is 0.0932. The van der Waals surface area contributed by atoms with E-state index in [0.29, 0.717) is 18.2 Å². The normalized spacial score (nSPS) is 23.1. The first kappa shape index (κ1) is 17.3. The predicted molar refractivity (Wildman–Crippen MR) is 101 cm³/mol. The monoisotopic (exact) mass is 353 g/mol. The zero-order valence-electron chi connectivity index (χ0n) is 15.6. The molecular formula is C21H27N3O2. The van der Waals surface area contributed by atoms with Gasteiger partial charge in [-0.25, -0.2) is 4.98 Å². The Labute approximate surface area is 154 Å². The zero-order chi connectivity index (χ0) is 18.3. The molecule has 2 unspecified atom stereocenters. The Bertz CT molecular complexity index is 857. The Hall–Kier alpha value is -2.14. The van der Waals surface area contributed by atoms with E-state index in [0.717, 1.165) is 31.5 Å². The maximum atomic E-state index is 13.3. The lowest BCUT2D eigenvalue weighted by Crippen LogP contribution is -2.23. The van der Waals surface area contributed by atoms with Gasteiger partial charge in [0, 0.05) is 43.9 Å². The van der Waals surface area contributed by atoms with Crippen LogP contribution in [0, 0.1) is 12.8 Å². The number of fused-ring (bicyclic) bond motifs is 3. The van der Waals surface area contributed by atoms with Crippen LogP contribution in [0.2, 0.25) is 0 Å². The summed E-state index contributed by atoms with van der Waals surface area (Å²) in [6.45, 7) is 3.77. The maximum absolute atomic E-state index is 13.3. The highest BCUT2D eigenvalue weighted by Crippen LogP contribution is 2.44. The zero-order valence-corrected chi connectivity index (χ0v) is 15.6. The van der Waals surface area contributed by atoms with Crippen molar-refractivity contribution in [3.63, 3.8) is 0 Å². The van der Waals surface area contributed by atoms with Gasteiger partial charge in [-0.1, -0.05) is 6.08 Å². The Morgan fingerprint density at radius 3 is 2.85 bits per heavy atom. The summed E-state index contributed by atoms with van der Waals surface area (Å²) in [5.41, 5.74) is 5.11. The number of aryl methyl sites for hydroxylation is 1. The summed E-state index contributed by atoms with van der Waals surface area (Å²) in [5, 5.41) is 7.00. The van der Waals surface area contributed by atoms with E-state index in [9.17, 15) is 4.79 Å². The molecule has 0 saturated heterocycles. The number of ketones is 1. The molecule has 5 rings (SSSR count). The minimum absolute atomic E-state index is 0.0634. The van der Waals surface area contributed by atoms with Crippen molar-refractivity contribution in [2.24, 2.45) is 5.92 Å². The van der Waals surface area contributed by atoms with Crippen molar-refractivity contribution in [2.75, 3.05) is 7.11 Å². The Kier molecular flexibility index (Phi) is 4.57. The van der Waals surface area contributed by atoms with Crippen molar-refractivity contribution in [1.29, 1.82) is 0 Å². The molecule has 2 aromatic heterocycles. The third-order valence-corrected chi connectivity index (χ3v) is 6.14. The first-order valence-electron chi connectivity index (χ1n) is 9.64. The average molecular weight is 353 g/mol. The Morgan fingerprint density at radius 1 is 1.27 bits per heavy atom. The predicted octanol–water partition coefficient (Wildman–Crippen LogP) is 3.34. The molecule has 2 atom stereocenters. The Balaban J connectivity index is 0.000000814. The Morgan fingerprint density at radius 2 is 2.08 bits per heavy atom. The first-order chi connectivity index (χ1) is 12.7. The standard InChI is InChI=1S/C20H23N3O.CH4O/c1-13-21-9-11-22(13)12-15-7-8-17-18(20(15)24)16-6-2-4-14-5-3-10-23(17)19(14)16;1-2/h7-9,11,14-15H,2-6,10,12H2,1H3;2H,1H3. The quantitative estimate of drug-likeness (QED) is 0.901. The van der Waals surface area contributed by atoms with E-state index in [4.69, 9.17) is 5.11 Å². The molecule has 1 N–H and O–H groups in total. The van der Waals surface area contributed by atoms with Gasteiger partial charge in [0.1, 0.15) is 5.82 Å². The van der Waals surface area contributed by atoms with Crippen LogP contribution in [0.4, 0.5) is 0 Å². The fraction of sp³-hybridized carbons (Fsp3) is 0.524. The van der Waals surface area contributed by atoms with Crippen molar-refractivity contribution >= 4 is 11.9 Å². The van der Waals surface area contributed by atoms with Crippen LogP contribution in [0.15, 0.2) is 18.5 Å². The van der Waals surface area contributed by atoms with Crippen LogP contribution in [0.25, 0.3) is 6.08 Å². The van der Waals surface area contributed by atoms with E-state index in [-0.39, 0.29) is 5.92 Å². The van der Waals surface area contributed by atoms with Crippen molar-refractivity contribution in [3.8, 4) is 0 Å². The highest BCUT2D eigenvalue weighted by molar-refractivity contribution is 6.06. The van der Waals surface area contributed by atoms with Crippen LogP contribution in [-0.4, -0.2) is 32.1 Å². The number of aliphatic hydroxyl groups excluding tert-OH is 1. The second-order valence-corrected chi connectivity index (χ2v) is 7.46. The number of aromatic nitrogens is 3. The molecule has 2 aliphatic carbocycles. The molecule has 1 aliphatic heterocycles. The molecule has 0 bridgehead atoms. The highest BCUT2D eigenvalue weighted by Gasteiger charge is 2.37. The molecule has 2 aromatic rings. The fourth-order valence-corrected chi connectivity index (χ4v) is 4.99. The van der Waals surface area contributed by atoms with Crippen LogP contribution < -0.4 is 0 Å². The van der Waals surface area contributed by atoms with Crippen LogP contribution in [0.1, 0.15) is 64.7 Å². The number of imidazole rings is 1. The summed E-state index contributed by atoms with van der Waals surface area (Å²) < 4.78 is 4.55. The van der Waals surface area contributed by atoms with E-state index in [2.05, 4.69) is 26.3 Å². The second kappa shape index (κ2) is 6.88. The first-order valence-corrected chi connectivity index (χ1v) is 9.64. The van der Waals surface area contributed by atoms with Gasteiger partial charge in [0.05, 0.1) is 11.6 Å². The molecule has 0 aromatic carbocycles. The molecule has 26 heavy (non-hydrogen) atoms. The summed E-state index contributed by atoms with van der Waals surface area (Å²) in [6, 6.07) is 0. The molecule has 0 saturated carbocycles. The molecule has 0 spiro atoms. The molecule has 5 heteroatoms. The lowest BCUT2D eigenvalue weighted by atomic mass is 9.80. The van der Waals surface area contributed by atoms with E-state index >= 15 is 0 Å². The van der Waals surface area contributed by atoms with Crippen molar-refractivity contribution < 1.29 is 9.90 Å².